The van der Waals surface area contributed by atoms with Gasteiger partial charge in [-0.25, -0.2) is 9.31 Å². The summed E-state index contributed by atoms with van der Waals surface area (Å²) in [4.78, 5) is 24.5. The molecule has 9 heteroatoms. The molecule has 192 valence electrons. The molecular formula is C25H44N6O3. The number of carbonyl (C=O) groups is 2. The van der Waals surface area contributed by atoms with Crippen molar-refractivity contribution in [1.29, 1.82) is 0 Å². The van der Waals surface area contributed by atoms with E-state index in [1.807, 2.05) is 17.5 Å². The van der Waals surface area contributed by atoms with Crippen LogP contribution in [0.3, 0.4) is 0 Å². The Balaban J connectivity index is 1.84. The van der Waals surface area contributed by atoms with Gasteiger partial charge in [0.15, 0.2) is 11.5 Å². The lowest BCUT2D eigenvalue weighted by Crippen LogP contribution is -2.41. The van der Waals surface area contributed by atoms with Gasteiger partial charge in [-0.1, -0.05) is 71.1 Å². The lowest BCUT2D eigenvalue weighted by Gasteiger charge is -2.20. The first-order valence-corrected chi connectivity index (χ1v) is 12.9. The molecule has 0 aliphatic heterocycles. The van der Waals surface area contributed by atoms with Crippen molar-refractivity contribution in [2.45, 2.75) is 117 Å². The lowest BCUT2D eigenvalue weighted by atomic mass is 10.0. The van der Waals surface area contributed by atoms with Crippen molar-refractivity contribution in [1.82, 2.24) is 30.4 Å². The fourth-order valence-electron chi connectivity index (χ4n) is 3.96. The average molecular weight is 477 g/mol. The van der Waals surface area contributed by atoms with E-state index in [0.29, 0.717) is 5.82 Å². The van der Waals surface area contributed by atoms with Crippen LogP contribution < -0.4 is 10.6 Å². The molecular weight excluding hydrogens is 432 g/mol. The molecule has 0 saturated heterocycles. The van der Waals surface area contributed by atoms with Crippen LogP contribution in [-0.2, 0) is 9.53 Å². The predicted molar refractivity (Wildman–Crippen MR) is 134 cm³/mol. The Labute approximate surface area is 203 Å². The molecule has 3 N–H and O–H groups in total. The standard InChI is InChI=1S/C25H44N6O3/c1-6-7-8-9-10-11-12-13-14-15-16-20(23-29-28-21-17-19(2)30-31(21)23)27-22(32)18-26-24(33)34-25(3,4)5/h17,20,30H,6-16,18H2,1-5H3,(H,26,33)(H,27,32). The number of hydrogen-bond donors (Lipinski definition) is 3. The zero-order valence-electron chi connectivity index (χ0n) is 21.7. The van der Waals surface area contributed by atoms with E-state index >= 15 is 0 Å². The van der Waals surface area contributed by atoms with Gasteiger partial charge in [0.05, 0.1) is 6.04 Å². The molecule has 34 heavy (non-hydrogen) atoms. The minimum atomic E-state index is -0.614. The first-order chi connectivity index (χ1) is 16.2. The minimum absolute atomic E-state index is 0.158. The molecule has 2 aromatic rings. The Kier molecular flexibility index (Phi) is 11.4. The summed E-state index contributed by atoms with van der Waals surface area (Å²) in [5.74, 6) is 0.382. The van der Waals surface area contributed by atoms with E-state index in [2.05, 4.69) is 32.9 Å². The maximum absolute atomic E-state index is 12.6. The molecule has 2 aromatic heterocycles. The first-order valence-electron chi connectivity index (χ1n) is 12.9. The smallest absolute Gasteiger partial charge is 0.408 e. The molecule has 0 saturated carbocycles. The Morgan fingerprint density at radius 2 is 1.65 bits per heavy atom. The van der Waals surface area contributed by atoms with Crippen LogP contribution in [-0.4, -0.2) is 44.0 Å². The third kappa shape index (κ3) is 10.1. The van der Waals surface area contributed by atoms with Crippen LogP contribution in [0.4, 0.5) is 4.79 Å². The van der Waals surface area contributed by atoms with Gasteiger partial charge < -0.3 is 15.4 Å². The lowest BCUT2D eigenvalue weighted by molar-refractivity contribution is -0.121. The normalized spacial score (nSPS) is 12.6. The van der Waals surface area contributed by atoms with Crippen molar-refractivity contribution < 1.29 is 14.3 Å². The summed E-state index contributed by atoms with van der Waals surface area (Å²) in [6, 6.07) is 1.62. The number of ether oxygens (including phenoxy) is 1. The number of rotatable bonds is 15. The molecule has 1 atom stereocenters. The number of hydrogen-bond acceptors (Lipinski definition) is 5. The Morgan fingerprint density at radius 3 is 2.26 bits per heavy atom. The number of fused-ring (bicyclic) bond motifs is 1. The summed E-state index contributed by atoms with van der Waals surface area (Å²) in [5.41, 5.74) is 1.08. The number of carbonyl (C=O) groups excluding carboxylic acids is 2. The minimum Gasteiger partial charge on any atom is -0.444 e. The molecule has 9 nitrogen and oxygen atoms in total. The topological polar surface area (TPSA) is 113 Å². The van der Waals surface area contributed by atoms with Crippen LogP contribution >= 0.6 is 0 Å². The Morgan fingerprint density at radius 1 is 1.03 bits per heavy atom. The highest BCUT2D eigenvalue weighted by Crippen LogP contribution is 2.20. The summed E-state index contributed by atoms with van der Waals surface area (Å²) >= 11 is 0. The zero-order chi connectivity index (χ0) is 25.0. The summed E-state index contributed by atoms with van der Waals surface area (Å²) in [7, 11) is 0. The Bertz CT molecular complexity index is 883. The predicted octanol–water partition coefficient (Wildman–Crippen LogP) is 5.36. The van der Waals surface area contributed by atoms with Gasteiger partial charge in [-0.15, -0.1) is 10.2 Å². The fourth-order valence-corrected chi connectivity index (χ4v) is 3.96. The molecule has 2 heterocycles. The molecule has 0 aromatic carbocycles. The van der Waals surface area contributed by atoms with Gasteiger partial charge in [-0.2, -0.15) is 0 Å². The van der Waals surface area contributed by atoms with Gasteiger partial charge in [0.1, 0.15) is 12.1 Å². The van der Waals surface area contributed by atoms with Gasteiger partial charge in [0.25, 0.3) is 0 Å². The molecule has 0 bridgehead atoms. The van der Waals surface area contributed by atoms with E-state index in [1.165, 1.54) is 51.4 Å². The van der Waals surface area contributed by atoms with Crippen molar-refractivity contribution in [3.8, 4) is 0 Å². The molecule has 0 aliphatic rings. The van der Waals surface area contributed by atoms with Crippen molar-refractivity contribution in [2.24, 2.45) is 0 Å². The third-order valence-electron chi connectivity index (χ3n) is 5.63. The van der Waals surface area contributed by atoms with Crippen LogP contribution in [0.2, 0.25) is 0 Å². The second kappa shape index (κ2) is 14.0. The molecule has 0 fully saturated rings. The number of aromatic amines is 1. The van der Waals surface area contributed by atoms with E-state index in [0.717, 1.165) is 30.6 Å². The number of nitrogens with one attached hydrogen (secondary N) is 3. The van der Waals surface area contributed by atoms with Crippen LogP contribution in [0.5, 0.6) is 0 Å². The molecule has 0 spiro atoms. The maximum Gasteiger partial charge on any atom is 0.408 e. The fraction of sp³-hybridized carbons (Fsp3) is 0.760. The van der Waals surface area contributed by atoms with Crippen LogP contribution in [0.25, 0.3) is 5.65 Å². The van der Waals surface area contributed by atoms with E-state index < -0.39 is 11.7 Å². The number of aromatic nitrogens is 4. The maximum atomic E-state index is 12.6. The van der Waals surface area contributed by atoms with E-state index in [9.17, 15) is 9.59 Å². The summed E-state index contributed by atoms with van der Waals surface area (Å²) < 4.78 is 7.02. The zero-order valence-corrected chi connectivity index (χ0v) is 21.7. The van der Waals surface area contributed by atoms with E-state index in [4.69, 9.17) is 4.74 Å². The highest BCUT2D eigenvalue weighted by molar-refractivity contribution is 5.82. The second-order valence-electron chi connectivity index (χ2n) is 10.1. The number of aryl methyl sites for hydroxylation is 1. The first kappa shape index (κ1) is 27.7. The molecule has 1 unspecified atom stereocenters. The van der Waals surface area contributed by atoms with Crippen LogP contribution in [0.1, 0.15) is 116 Å². The molecule has 0 radical (unpaired) electrons. The van der Waals surface area contributed by atoms with Crippen LogP contribution in [0, 0.1) is 6.92 Å². The van der Waals surface area contributed by atoms with Crippen molar-refractivity contribution >= 4 is 17.6 Å². The quantitative estimate of drug-likeness (QED) is 0.300. The third-order valence-corrected chi connectivity index (χ3v) is 5.63. The van der Waals surface area contributed by atoms with Gasteiger partial charge >= 0.3 is 6.09 Å². The number of amides is 2. The van der Waals surface area contributed by atoms with Crippen LogP contribution in [0.15, 0.2) is 6.07 Å². The van der Waals surface area contributed by atoms with E-state index in [-0.39, 0.29) is 18.5 Å². The Hall–Kier alpha value is -2.58. The molecule has 2 rings (SSSR count). The number of H-pyrrole nitrogens is 1. The number of unbranched alkanes of at least 4 members (excludes halogenated alkanes) is 9. The molecule has 2 amide bonds. The van der Waals surface area contributed by atoms with Crippen molar-refractivity contribution in [3.63, 3.8) is 0 Å². The number of alkyl carbamates (subject to hydrolysis) is 1. The molecule has 0 aliphatic carbocycles. The number of nitrogens with zero attached hydrogens (tertiary/aromatic N) is 3. The monoisotopic (exact) mass is 476 g/mol. The van der Waals surface area contributed by atoms with E-state index in [1.54, 1.807) is 20.8 Å². The van der Waals surface area contributed by atoms with Gasteiger partial charge in [-0.05, 0) is 34.1 Å². The van der Waals surface area contributed by atoms with Gasteiger partial charge in [0.2, 0.25) is 5.91 Å². The van der Waals surface area contributed by atoms with Gasteiger partial charge in [0, 0.05) is 11.8 Å². The van der Waals surface area contributed by atoms with Gasteiger partial charge in [-0.3, -0.25) is 9.89 Å². The second-order valence-corrected chi connectivity index (χ2v) is 10.1. The highest BCUT2D eigenvalue weighted by atomic mass is 16.6. The summed E-state index contributed by atoms with van der Waals surface area (Å²) in [5, 5.41) is 17.3. The average Bonchev–Trinajstić information content (AvgIpc) is 3.30. The van der Waals surface area contributed by atoms with Crippen molar-refractivity contribution in [3.05, 3.63) is 17.6 Å². The summed E-state index contributed by atoms with van der Waals surface area (Å²) in [6.07, 6.45) is 12.7. The summed E-state index contributed by atoms with van der Waals surface area (Å²) in [6.45, 7) is 9.39. The highest BCUT2D eigenvalue weighted by Gasteiger charge is 2.22. The largest absolute Gasteiger partial charge is 0.444 e. The van der Waals surface area contributed by atoms with Crippen molar-refractivity contribution in [2.75, 3.05) is 6.54 Å². The SMILES string of the molecule is CCCCCCCCCCCCC(NC(=O)CNC(=O)OC(C)(C)C)c1nnc2cc(C)[nH]n12.